The van der Waals surface area contributed by atoms with Gasteiger partial charge in [-0.05, 0) is 42.5 Å². The van der Waals surface area contributed by atoms with E-state index in [0.29, 0.717) is 5.69 Å². The number of sulfonamides is 1. The number of benzene rings is 2. The highest BCUT2D eigenvalue weighted by atomic mass is 32.2. The Morgan fingerprint density at radius 1 is 1.15 bits per heavy atom. The van der Waals surface area contributed by atoms with Gasteiger partial charge >= 0.3 is 5.97 Å². The van der Waals surface area contributed by atoms with Crippen LogP contribution in [0, 0.1) is 5.82 Å². The molecule has 27 heavy (non-hydrogen) atoms. The first kappa shape index (κ1) is 20.4. The molecule has 2 rings (SSSR count). The molecule has 0 radical (unpaired) electrons. The molecule has 1 N–H and O–H groups in total. The van der Waals surface area contributed by atoms with Gasteiger partial charge in [0.1, 0.15) is 5.82 Å². The number of esters is 1. The molecule has 0 saturated heterocycles. The number of amides is 1. The summed E-state index contributed by atoms with van der Waals surface area (Å²) >= 11 is 0. The summed E-state index contributed by atoms with van der Waals surface area (Å²) in [5, 5.41) is 2.56. The van der Waals surface area contributed by atoms with E-state index < -0.39 is 27.7 Å². The largest absolute Gasteiger partial charge is 0.465 e. The van der Waals surface area contributed by atoms with E-state index in [1.807, 2.05) is 0 Å². The Labute approximate surface area is 156 Å². The zero-order valence-electron chi connectivity index (χ0n) is 14.8. The average Bonchev–Trinajstić information content (AvgIpc) is 2.62. The van der Waals surface area contributed by atoms with Crippen LogP contribution in [0.15, 0.2) is 48.5 Å². The SMILES string of the molecule is COC(=O)c1cccc(N(CCC(=O)Nc2ccc(F)cc2)S(C)(=O)=O)c1. The van der Waals surface area contributed by atoms with E-state index in [1.165, 1.54) is 55.6 Å². The third kappa shape index (κ3) is 5.78. The number of methoxy groups -OCH3 is 1. The van der Waals surface area contributed by atoms with Gasteiger partial charge in [-0.2, -0.15) is 0 Å². The number of hydrogen-bond donors (Lipinski definition) is 1. The smallest absolute Gasteiger partial charge is 0.337 e. The van der Waals surface area contributed by atoms with Gasteiger partial charge in [0.2, 0.25) is 15.9 Å². The number of carbonyl (C=O) groups is 2. The second-order valence-electron chi connectivity index (χ2n) is 5.68. The number of anilines is 2. The fraction of sp³-hybridized carbons (Fsp3) is 0.222. The third-order valence-corrected chi connectivity index (χ3v) is 4.82. The van der Waals surface area contributed by atoms with Crippen molar-refractivity contribution in [3.05, 3.63) is 59.9 Å². The van der Waals surface area contributed by atoms with Crippen LogP contribution in [0.5, 0.6) is 0 Å². The van der Waals surface area contributed by atoms with Gasteiger partial charge in [0.15, 0.2) is 0 Å². The van der Waals surface area contributed by atoms with Crippen molar-refractivity contribution in [2.45, 2.75) is 6.42 Å². The zero-order chi connectivity index (χ0) is 20.0. The van der Waals surface area contributed by atoms with E-state index in [1.54, 1.807) is 0 Å². The first-order valence-electron chi connectivity index (χ1n) is 7.92. The van der Waals surface area contributed by atoms with Gasteiger partial charge in [-0.3, -0.25) is 9.10 Å². The second-order valence-corrected chi connectivity index (χ2v) is 7.59. The van der Waals surface area contributed by atoms with Crippen LogP contribution in [0.2, 0.25) is 0 Å². The molecule has 0 saturated carbocycles. The van der Waals surface area contributed by atoms with E-state index in [2.05, 4.69) is 10.1 Å². The molecule has 0 bridgehead atoms. The lowest BCUT2D eigenvalue weighted by Crippen LogP contribution is -2.33. The van der Waals surface area contributed by atoms with Gasteiger partial charge in [0, 0.05) is 18.7 Å². The number of rotatable bonds is 7. The Balaban J connectivity index is 2.12. The molecule has 0 aliphatic heterocycles. The first-order chi connectivity index (χ1) is 12.7. The Hall–Kier alpha value is -2.94. The van der Waals surface area contributed by atoms with Crippen LogP contribution in [-0.2, 0) is 19.6 Å². The Morgan fingerprint density at radius 2 is 1.81 bits per heavy atom. The predicted octanol–water partition coefficient (Wildman–Crippen LogP) is 2.41. The number of carbonyl (C=O) groups excluding carboxylic acids is 2. The van der Waals surface area contributed by atoms with Crippen molar-refractivity contribution in [2.24, 2.45) is 0 Å². The molecule has 7 nitrogen and oxygen atoms in total. The molecular weight excluding hydrogens is 375 g/mol. The number of hydrogen-bond acceptors (Lipinski definition) is 5. The lowest BCUT2D eigenvalue weighted by Gasteiger charge is -2.22. The summed E-state index contributed by atoms with van der Waals surface area (Å²) in [5.74, 6) is -1.46. The molecule has 2 aromatic rings. The zero-order valence-corrected chi connectivity index (χ0v) is 15.6. The number of nitrogens with one attached hydrogen (secondary N) is 1. The van der Waals surface area contributed by atoms with Crippen molar-refractivity contribution in [2.75, 3.05) is 29.5 Å². The average molecular weight is 394 g/mol. The molecule has 144 valence electrons. The summed E-state index contributed by atoms with van der Waals surface area (Å²) in [4.78, 5) is 23.7. The quantitative estimate of drug-likeness (QED) is 0.728. The second kappa shape index (κ2) is 8.63. The van der Waals surface area contributed by atoms with Crippen molar-refractivity contribution in [3.8, 4) is 0 Å². The van der Waals surface area contributed by atoms with E-state index in [9.17, 15) is 22.4 Å². The highest BCUT2D eigenvalue weighted by Crippen LogP contribution is 2.20. The van der Waals surface area contributed by atoms with E-state index in [-0.39, 0.29) is 24.2 Å². The Kier molecular flexibility index (Phi) is 6.51. The maximum atomic E-state index is 12.9. The minimum Gasteiger partial charge on any atom is -0.465 e. The lowest BCUT2D eigenvalue weighted by atomic mass is 10.2. The van der Waals surface area contributed by atoms with Crippen molar-refractivity contribution < 1.29 is 27.1 Å². The summed E-state index contributed by atoms with van der Waals surface area (Å²) < 4.78 is 42.8. The molecule has 0 spiro atoms. The summed E-state index contributed by atoms with van der Waals surface area (Å²) in [7, 11) is -2.46. The van der Waals surface area contributed by atoms with E-state index in [0.717, 1.165) is 10.6 Å². The van der Waals surface area contributed by atoms with Crippen LogP contribution in [0.1, 0.15) is 16.8 Å². The molecule has 9 heteroatoms. The summed E-state index contributed by atoms with van der Waals surface area (Å²) in [6.07, 6.45) is 0.878. The number of ether oxygens (including phenoxy) is 1. The normalized spacial score (nSPS) is 10.9. The van der Waals surface area contributed by atoms with Crippen LogP contribution in [0.3, 0.4) is 0 Å². The van der Waals surface area contributed by atoms with Crippen molar-refractivity contribution in [1.29, 1.82) is 0 Å². The maximum Gasteiger partial charge on any atom is 0.337 e. The molecular formula is C18H19FN2O5S. The maximum absolute atomic E-state index is 12.9. The topological polar surface area (TPSA) is 92.8 Å². The third-order valence-electron chi connectivity index (χ3n) is 3.63. The van der Waals surface area contributed by atoms with Crippen molar-refractivity contribution in [3.63, 3.8) is 0 Å². The molecule has 0 heterocycles. The molecule has 2 aromatic carbocycles. The standard InChI is InChI=1S/C18H19FN2O5S/c1-26-18(23)13-4-3-5-16(12-13)21(27(2,24)25)11-10-17(22)20-15-8-6-14(19)7-9-15/h3-9,12H,10-11H2,1-2H3,(H,20,22). The van der Waals surface area contributed by atoms with Crippen LogP contribution in [0.25, 0.3) is 0 Å². The Morgan fingerprint density at radius 3 is 2.41 bits per heavy atom. The molecule has 0 fully saturated rings. The highest BCUT2D eigenvalue weighted by molar-refractivity contribution is 7.92. The fourth-order valence-electron chi connectivity index (χ4n) is 2.35. The van der Waals surface area contributed by atoms with Crippen LogP contribution in [0.4, 0.5) is 15.8 Å². The first-order valence-corrected chi connectivity index (χ1v) is 9.77. The summed E-state index contributed by atoms with van der Waals surface area (Å²) in [6, 6.07) is 11.1. The Bertz CT molecular complexity index is 929. The van der Waals surface area contributed by atoms with Gasteiger partial charge in [-0.1, -0.05) is 6.07 Å². The minimum absolute atomic E-state index is 0.128. The fourth-order valence-corrected chi connectivity index (χ4v) is 3.27. The number of nitrogens with zero attached hydrogens (tertiary/aromatic N) is 1. The monoisotopic (exact) mass is 394 g/mol. The predicted molar refractivity (Wildman–Crippen MR) is 99.6 cm³/mol. The van der Waals surface area contributed by atoms with E-state index in [4.69, 9.17) is 0 Å². The van der Waals surface area contributed by atoms with Gasteiger partial charge in [-0.25, -0.2) is 17.6 Å². The molecule has 0 unspecified atom stereocenters. The minimum atomic E-state index is -3.69. The van der Waals surface area contributed by atoms with E-state index >= 15 is 0 Å². The molecule has 0 aliphatic rings. The van der Waals surface area contributed by atoms with Gasteiger partial charge in [0.05, 0.1) is 24.6 Å². The van der Waals surface area contributed by atoms with Gasteiger partial charge in [-0.15, -0.1) is 0 Å². The molecule has 0 aliphatic carbocycles. The molecule has 0 atom stereocenters. The number of halogens is 1. The van der Waals surface area contributed by atoms with Crippen molar-refractivity contribution in [1.82, 2.24) is 0 Å². The highest BCUT2D eigenvalue weighted by Gasteiger charge is 2.20. The van der Waals surface area contributed by atoms with Crippen LogP contribution >= 0.6 is 0 Å². The molecule has 0 aromatic heterocycles. The summed E-state index contributed by atoms with van der Waals surface area (Å²) in [6.45, 7) is -0.128. The summed E-state index contributed by atoms with van der Waals surface area (Å²) in [5.41, 5.74) is 0.842. The molecule has 1 amide bonds. The van der Waals surface area contributed by atoms with Crippen LogP contribution < -0.4 is 9.62 Å². The van der Waals surface area contributed by atoms with Gasteiger partial charge in [0.25, 0.3) is 0 Å². The van der Waals surface area contributed by atoms with Gasteiger partial charge < -0.3 is 10.1 Å². The van der Waals surface area contributed by atoms with Crippen LogP contribution in [-0.4, -0.2) is 40.2 Å². The lowest BCUT2D eigenvalue weighted by molar-refractivity contribution is -0.116. The van der Waals surface area contributed by atoms with Crippen molar-refractivity contribution >= 4 is 33.3 Å².